The number of carbonyl (C=O) groups excluding carboxylic acids is 1. The number of benzene rings is 2. The second kappa shape index (κ2) is 7.67. The molecule has 28 heavy (non-hydrogen) atoms. The molecule has 2 aromatic carbocycles. The second-order valence-corrected chi connectivity index (χ2v) is 5.77. The molecule has 1 N–H and O–H groups in total. The number of nitrogens with one attached hydrogen (secondary N) is 1. The lowest BCUT2D eigenvalue weighted by molar-refractivity contribution is 0.102. The predicted molar refractivity (Wildman–Crippen MR) is 100 cm³/mol. The summed E-state index contributed by atoms with van der Waals surface area (Å²) in [6.07, 6.45) is 3.42. The van der Waals surface area contributed by atoms with E-state index in [1.54, 1.807) is 59.5 Å². The molecule has 0 fully saturated rings. The highest BCUT2D eigenvalue weighted by atomic mass is 19.1. The quantitative estimate of drug-likeness (QED) is 0.573. The summed E-state index contributed by atoms with van der Waals surface area (Å²) in [5.74, 6) is 0.740. The Morgan fingerprint density at radius 2 is 1.75 bits per heavy atom. The Labute approximate surface area is 159 Å². The number of aromatic nitrogens is 4. The Kier molecular flexibility index (Phi) is 4.75. The van der Waals surface area contributed by atoms with Gasteiger partial charge >= 0.3 is 0 Å². The van der Waals surface area contributed by atoms with Crippen molar-refractivity contribution in [3.8, 4) is 17.4 Å². The number of ether oxygens (including phenoxy) is 1. The van der Waals surface area contributed by atoms with Crippen molar-refractivity contribution in [3.63, 3.8) is 0 Å². The van der Waals surface area contributed by atoms with Gasteiger partial charge in [0.25, 0.3) is 5.91 Å². The molecule has 0 saturated heterocycles. The van der Waals surface area contributed by atoms with E-state index in [0.717, 1.165) is 0 Å². The molecule has 0 unspecified atom stereocenters. The molecule has 0 atom stereocenters. The maximum absolute atomic E-state index is 12.9. The number of halogens is 1. The van der Waals surface area contributed by atoms with E-state index < -0.39 is 0 Å². The Bertz CT molecular complexity index is 1060. The zero-order chi connectivity index (χ0) is 19.3. The van der Waals surface area contributed by atoms with Gasteiger partial charge in [0.2, 0.25) is 5.88 Å². The third-order valence-corrected chi connectivity index (χ3v) is 3.81. The second-order valence-electron chi connectivity index (χ2n) is 5.77. The molecule has 0 bridgehead atoms. The summed E-state index contributed by atoms with van der Waals surface area (Å²) >= 11 is 0. The summed E-state index contributed by atoms with van der Waals surface area (Å²) in [6, 6.07) is 17.3. The molecule has 2 heterocycles. The first kappa shape index (κ1) is 17.3. The molecule has 138 valence electrons. The van der Waals surface area contributed by atoms with Gasteiger partial charge in [-0.25, -0.2) is 9.07 Å². The molecule has 0 aliphatic carbocycles. The average molecular weight is 375 g/mol. The van der Waals surface area contributed by atoms with Gasteiger partial charge in [0.05, 0.1) is 0 Å². The van der Waals surface area contributed by atoms with E-state index in [-0.39, 0.29) is 11.7 Å². The number of nitrogens with zero attached hydrogens (tertiary/aromatic N) is 4. The summed E-state index contributed by atoms with van der Waals surface area (Å²) in [5, 5.41) is 14.9. The lowest BCUT2D eigenvalue weighted by atomic mass is 10.2. The van der Waals surface area contributed by atoms with Crippen molar-refractivity contribution < 1.29 is 13.9 Å². The molecule has 0 aliphatic heterocycles. The van der Waals surface area contributed by atoms with Gasteiger partial charge in [-0.15, -0.1) is 10.2 Å². The third kappa shape index (κ3) is 4.01. The number of anilines is 1. The minimum Gasteiger partial charge on any atom is -0.438 e. The van der Waals surface area contributed by atoms with Crippen molar-refractivity contribution >= 4 is 11.6 Å². The van der Waals surface area contributed by atoms with Crippen LogP contribution in [0.1, 0.15) is 10.4 Å². The molecule has 0 spiro atoms. The molecule has 4 rings (SSSR count). The fourth-order valence-corrected chi connectivity index (χ4v) is 2.43. The maximum atomic E-state index is 12.9. The zero-order valence-electron chi connectivity index (χ0n) is 14.5. The van der Waals surface area contributed by atoms with E-state index in [4.69, 9.17) is 4.74 Å². The number of carbonyl (C=O) groups is 1. The van der Waals surface area contributed by atoms with Crippen LogP contribution in [-0.2, 0) is 0 Å². The molecular weight excluding hydrogens is 361 g/mol. The molecule has 0 aliphatic rings. The number of hydrogen-bond acceptors (Lipinski definition) is 5. The SMILES string of the molecule is O=C(Nc1ccc(Oc2ccc(-n3cccn3)nn2)cc1)c1ccc(F)cc1. The highest BCUT2D eigenvalue weighted by Gasteiger charge is 2.07. The Morgan fingerprint density at radius 3 is 2.39 bits per heavy atom. The molecule has 0 saturated carbocycles. The molecular formula is C20H14FN5O2. The van der Waals surface area contributed by atoms with Crippen molar-refractivity contribution in [3.05, 3.63) is 90.5 Å². The summed E-state index contributed by atoms with van der Waals surface area (Å²) in [4.78, 5) is 12.1. The minimum absolute atomic E-state index is 0.325. The first-order valence-electron chi connectivity index (χ1n) is 8.36. The van der Waals surface area contributed by atoms with Gasteiger partial charge in [-0.2, -0.15) is 5.10 Å². The van der Waals surface area contributed by atoms with Gasteiger partial charge < -0.3 is 10.1 Å². The Balaban J connectivity index is 1.39. The summed E-state index contributed by atoms with van der Waals surface area (Å²) in [5.41, 5.74) is 0.955. The van der Waals surface area contributed by atoms with Crippen molar-refractivity contribution in [2.75, 3.05) is 5.32 Å². The van der Waals surface area contributed by atoms with Crippen molar-refractivity contribution in [2.24, 2.45) is 0 Å². The van der Waals surface area contributed by atoms with Crippen molar-refractivity contribution in [1.29, 1.82) is 0 Å². The van der Waals surface area contributed by atoms with Gasteiger partial charge in [0.15, 0.2) is 5.82 Å². The predicted octanol–water partition coefficient (Wildman–Crippen LogP) is 3.85. The first-order chi connectivity index (χ1) is 13.7. The Morgan fingerprint density at radius 1 is 0.964 bits per heavy atom. The first-order valence-corrected chi connectivity index (χ1v) is 8.36. The van der Waals surface area contributed by atoms with Crippen LogP contribution in [0.5, 0.6) is 11.6 Å². The van der Waals surface area contributed by atoms with Gasteiger partial charge in [0.1, 0.15) is 11.6 Å². The van der Waals surface area contributed by atoms with Gasteiger partial charge in [-0.1, -0.05) is 0 Å². The molecule has 0 radical (unpaired) electrons. The highest BCUT2D eigenvalue weighted by Crippen LogP contribution is 2.22. The van der Waals surface area contributed by atoms with E-state index in [1.807, 2.05) is 0 Å². The van der Waals surface area contributed by atoms with Crippen molar-refractivity contribution in [1.82, 2.24) is 20.0 Å². The molecule has 8 heteroatoms. The van der Waals surface area contributed by atoms with Gasteiger partial charge in [0, 0.05) is 29.7 Å². The normalized spacial score (nSPS) is 10.5. The number of amides is 1. The van der Waals surface area contributed by atoms with Crippen LogP contribution in [0, 0.1) is 5.82 Å². The fraction of sp³-hybridized carbons (Fsp3) is 0. The fourth-order valence-electron chi connectivity index (χ4n) is 2.43. The van der Waals surface area contributed by atoms with E-state index in [9.17, 15) is 9.18 Å². The minimum atomic E-state index is -0.390. The third-order valence-electron chi connectivity index (χ3n) is 3.81. The van der Waals surface area contributed by atoms with Crippen LogP contribution in [0.3, 0.4) is 0 Å². The topological polar surface area (TPSA) is 81.9 Å². The summed E-state index contributed by atoms with van der Waals surface area (Å²) < 4.78 is 20.2. The van der Waals surface area contributed by atoms with Crippen LogP contribution < -0.4 is 10.1 Å². The van der Waals surface area contributed by atoms with Crippen LogP contribution in [0.4, 0.5) is 10.1 Å². The monoisotopic (exact) mass is 375 g/mol. The molecule has 2 aromatic heterocycles. The standard InChI is InChI=1S/C20H14FN5O2/c21-15-4-2-14(3-5-15)20(27)23-16-6-8-17(9-7-16)28-19-11-10-18(24-25-19)26-13-1-12-22-26/h1-13H,(H,23,27). The van der Waals surface area contributed by atoms with E-state index in [2.05, 4.69) is 20.6 Å². The molecule has 1 amide bonds. The van der Waals surface area contributed by atoms with Crippen LogP contribution in [0.2, 0.25) is 0 Å². The summed E-state index contributed by atoms with van der Waals surface area (Å²) in [6.45, 7) is 0. The largest absolute Gasteiger partial charge is 0.438 e. The van der Waals surface area contributed by atoms with E-state index >= 15 is 0 Å². The van der Waals surface area contributed by atoms with Crippen LogP contribution >= 0.6 is 0 Å². The smallest absolute Gasteiger partial charge is 0.255 e. The van der Waals surface area contributed by atoms with E-state index in [0.29, 0.717) is 28.7 Å². The van der Waals surface area contributed by atoms with Crippen LogP contribution in [-0.4, -0.2) is 25.9 Å². The number of rotatable bonds is 5. The Hall–Kier alpha value is -4.07. The lowest BCUT2D eigenvalue weighted by Gasteiger charge is -2.08. The molecule has 4 aromatic rings. The zero-order valence-corrected chi connectivity index (χ0v) is 14.5. The van der Waals surface area contributed by atoms with Crippen molar-refractivity contribution in [2.45, 2.75) is 0 Å². The summed E-state index contributed by atoms with van der Waals surface area (Å²) in [7, 11) is 0. The van der Waals surface area contributed by atoms with Crippen LogP contribution in [0.25, 0.3) is 5.82 Å². The average Bonchev–Trinajstić information content (AvgIpc) is 3.25. The van der Waals surface area contributed by atoms with Crippen LogP contribution in [0.15, 0.2) is 79.1 Å². The molecule has 7 nitrogen and oxygen atoms in total. The van der Waals surface area contributed by atoms with Gasteiger partial charge in [-0.3, -0.25) is 4.79 Å². The highest BCUT2D eigenvalue weighted by molar-refractivity contribution is 6.04. The lowest BCUT2D eigenvalue weighted by Crippen LogP contribution is -2.11. The van der Waals surface area contributed by atoms with Gasteiger partial charge in [-0.05, 0) is 60.7 Å². The number of hydrogen-bond donors (Lipinski definition) is 1. The van der Waals surface area contributed by atoms with E-state index in [1.165, 1.54) is 24.3 Å². The maximum Gasteiger partial charge on any atom is 0.255 e.